The standard InChI is InChI=1S/C20H15ClN4OS/c1-11-2-3-13(10-15(11)21)24-19(26)18-17(22)14-4-5-16(25-20(14)27-18)12-6-8-23-9-7-12/h2-10H,22H2,1H3,(H,24,26). The van der Waals surface area contributed by atoms with Crippen LogP contribution in [0.25, 0.3) is 21.5 Å². The van der Waals surface area contributed by atoms with Gasteiger partial charge in [0.25, 0.3) is 5.91 Å². The highest BCUT2D eigenvalue weighted by atomic mass is 35.5. The summed E-state index contributed by atoms with van der Waals surface area (Å²) in [5.41, 5.74) is 9.98. The number of anilines is 2. The highest BCUT2D eigenvalue weighted by Crippen LogP contribution is 2.34. The molecule has 0 aliphatic rings. The number of nitrogens with two attached hydrogens (primary N) is 1. The third-order valence-corrected chi connectivity index (χ3v) is 5.73. The van der Waals surface area contributed by atoms with Crippen molar-refractivity contribution >= 4 is 50.4 Å². The first kappa shape index (κ1) is 17.5. The van der Waals surface area contributed by atoms with E-state index in [0.29, 0.717) is 26.1 Å². The Morgan fingerprint density at radius 2 is 1.93 bits per heavy atom. The van der Waals surface area contributed by atoms with Gasteiger partial charge in [-0.2, -0.15) is 0 Å². The average Bonchev–Trinajstić information content (AvgIpc) is 3.02. The fourth-order valence-corrected chi connectivity index (χ4v) is 3.88. The largest absolute Gasteiger partial charge is 0.397 e. The summed E-state index contributed by atoms with van der Waals surface area (Å²) in [6, 6.07) is 12.9. The minimum absolute atomic E-state index is 0.277. The van der Waals surface area contributed by atoms with Crippen molar-refractivity contribution in [1.29, 1.82) is 0 Å². The number of hydrogen-bond donors (Lipinski definition) is 2. The van der Waals surface area contributed by atoms with E-state index in [1.807, 2.05) is 43.3 Å². The fraction of sp³-hybridized carbons (Fsp3) is 0.0500. The topological polar surface area (TPSA) is 80.9 Å². The van der Waals surface area contributed by atoms with Crippen molar-refractivity contribution in [2.75, 3.05) is 11.1 Å². The number of nitrogens with zero attached hydrogens (tertiary/aromatic N) is 2. The molecule has 4 rings (SSSR count). The lowest BCUT2D eigenvalue weighted by Gasteiger charge is -2.06. The first-order valence-electron chi connectivity index (χ1n) is 8.20. The van der Waals surface area contributed by atoms with Crippen molar-refractivity contribution in [2.24, 2.45) is 0 Å². The molecular formula is C20H15ClN4OS. The van der Waals surface area contributed by atoms with Crippen LogP contribution in [0.2, 0.25) is 5.02 Å². The third-order valence-electron chi connectivity index (χ3n) is 4.21. The maximum absolute atomic E-state index is 12.7. The molecule has 5 nitrogen and oxygen atoms in total. The van der Waals surface area contributed by atoms with Crippen LogP contribution in [0, 0.1) is 6.92 Å². The van der Waals surface area contributed by atoms with E-state index in [1.165, 1.54) is 11.3 Å². The average molecular weight is 395 g/mol. The Morgan fingerprint density at radius 1 is 1.15 bits per heavy atom. The quantitative estimate of drug-likeness (QED) is 0.503. The Labute approximate surface area is 164 Å². The molecule has 134 valence electrons. The minimum atomic E-state index is -0.277. The number of nitrogen functional groups attached to an aromatic ring is 1. The van der Waals surface area contributed by atoms with Crippen LogP contribution in [0.15, 0.2) is 54.9 Å². The molecule has 4 aromatic rings. The molecule has 0 aliphatic carbocycles. The first-order chi connectivity index (χ1) is 13.0. The zero-order valence-corrected chi connectivity index (χ0v) is 15.9. The molecule has 0 aliphatic heterocycles. The normalized spacial score (nSPS) is 10.9. The lowest BCUT2D eigenvalue weighted by Crippen LogP contribution is -2.11. The number of aryl methyl sites for hydroxylation is 1. The summed E-state index contributed by atoms with van der Waals surface area (Å²) in [5, 5.41) is 4.21. The van der Waals surface area contributed by atoms with Crippen molar-refractivity contribution in [3.05, 3.63) is 70.3 Å². The summed E-state index contributed by atoms with van der Waals surface area (Å²) in [6.07, 6.45) is 3.44. The van der Waals surface area contributed by atoms with Gasteiger partial charge >= 0.3 is 0 Å². The van der Waals surface area contributed by atoms with Gasteiger partial charge in [-0.25, -0.2) is 4.98 Å². The second-order valence-electron chi connectivity index (χ2n) is 6.05. The van der Waals surface area contributed by atoms with Crippen LogP contribution in [-0.4, -0.2) is 15.9 Å². The minimum Gasteiger partial charge on any atom is -0.397 e. The van der Waals surface area contributed by atoms with Crippen LogP contribution >= 0.6 is 22.9 Å². The molecule has 0 unspecified atom stereocenters. The molecule has 0 saturated heterocycles. The van der Waals surface area contributed by atoms with Gasteiger partial charge in [-0.3, -0.25) is 9.78 Å². The van der Waals surface area contributed by atoms with Crippen LogP contribution in [0.1, 0.15) is 15.2 Å². The van der Waals surface area contributed by atoms with E-state index in [-0.39, 0.29) is 5.91 Å². The van der Waals surface area contributed by atoms with Gasteiger partial charge < -0.3 is 11.1 Å². The molecule has 0 atom stereocenters. The molecule has 0 bridgehead atoms. The number of pyridine rings is 2. The van der Waals surface area contributed by atoms with Crippen LogP contribution in [0.4, 0.5) is 11.4 Å². The lowest BCUT2D eigenvalue weighted by molar-refractivity contribution is 0.103. The number of rotatable bonds is 3. The molecule has 7 heteroatoms. The van der Waals surface area contributed by atoms with E-state index in [0.717, 1.165) is 22.2 Å². The van der Waals surface area contributed by atoms with Gasteiger partial charge in [0.05, 0.1) is 11.4 Å². The molecule has 0 spiro atoms. The van der Waals surface area contributed by atoms with Crippen molar-refractivity contribution < 1.29 is 4.79 Å². The van der Waals surface area contributed by atoms with Gasteiger partial charge in [0, 0.05) is 34.1 Å². The number of hydrogen-bond acceptors (Lipinski definition) is 5. The number of carbonyl (C=O) groups is 1. The molecule has 27 heavy (non-hydrogen) atoms. The monoisotopic (exact) mass is 394 g/mol. The van der Waals surface area contributed by atoms with Crippen molar-refractivity contribution in [3.8, 4) is 11.3 Å². The molecule has 0 saturated carbocycles. The number of benzene rings is 1. The number of fused-ring (bicyclic) bond motifs is 1. The lowest BCUT2D eigenvalue weighted by atomic mass is 10.1. The molecule has 3 N–H and O–H groups in total. The maximum atomic E-state index is 12.7. The second-order valence-corrected chi connectivity index (χ2v) is 7.45. The van der Waals surface area contributed by atoms with Crippen LogP contribution in [0.3, 0.4) is 0 Å². The fourth-order valence-electron chi connectivity index (χ4n) is 2.71. The van der Waals surface area contributed by atoms with E-state index in [4.69, 9.17) is 17.3 Å². The van der Waals surface area contributed by atoms with Gasteiger partial charge in [-0.05, 0) is 48.9 Å². The number of aromatic nitrogens is 2. The van der Waals surface area contributed by atoms with Crippen LogP contribution in [0.5, 0.6) is 0 Å². The first-order valence-corrected chi connectivity index (χ1v) is 9.39. The highest BCUT2D eigenvalue weighted by molar-refractivity contribution is 7.21. The number of halogens is 1. The van der Waals surface area contributed by atoms with Gasteiger partial charge in [0.2, 0.25) is 0 Å². The van der Waals surface area contributed by atoms with E-state index in [2.05, 4.69) is 15.3 Å². The number of nitrogens with one attached hydrogen (secondary N) is 1. The van der Waals surface area contributed by atoms with E-state index >= 15 is 0 Å². The summed E-state index contributed by atoms with van der Waals surface area (Å²) >= 11 is 7.40. The highest BCUT2D eigenvalue weighted by Gasteiger charge is 2.18. The molecule has 1 amide bonds. The summed E-state index contributed by atoms with van der Waals surface area (Å²) < 4.78 is 0. The maximum Gasteiger partial charge on any atom is 0.267 e. The summed E-state index contributed by atoms with van der Waals surface area (Å²) in [4.78, 5) is 22.5. The van der Waals surface area contributed by atoms with Crippen molar-refractivity contribution in [3.63, 3.8) is 0 Å². The Balaban J connectivity index is 1.68. The second kappa shape index (κ2) is 6.98. The predicted octanol–water partition coefficient (Wildman–Crippen LogP) is 5.15. The van der Waals surface area contributed by atoms with Crippen LogP contribution in [-0.2, 0) is 0 Å². The van der Waals surface area contributed by atoms with Crippen molar-refractivity contribution in [1.82, 2.24) is 9.97 Å². The van der Waals surface area contributed by atoms with E-state index < -0.39 is 0 Å². The number of thiophene rings is 1. The smallest absolute Gasteiger partial charge is 0.267 e. The van der Waals surface area contributed by atoms with E-state index in [1.54, 1.807) is 18.5 Å². The zero-order valence-electron chi connectivity index (χ0n) is 14.4. The predicted molar refractivity (Wildman–Crippen MR) is 111 cm³/mol. The van der Waals surface area contributed by atoms with E-state index in [9.17, 15) is 4.79 Å². The van der Waals surface area contributed by atoms with Crippen LogP contribution < -0.4 is 11.1 Å². The van der Waals surface area contributed by atoms with Gasteiger partial charge in [0.15, 0.2) is 0 Å². The molecule has 0 radical (unpaired) electrons. The van der Waals surface area contributed by atoms with Gasteiger partial charge in [0.1, 0.15) is 9.71 Å². The Hall–Kier alpha value is -2.96. The number of carbonyl (C=O) groups excluding carboxylic acids is 1. The molecule has 0 fully saturated rings. The Kier molecular flexibility index (Phi) is 4.51. The molecule has 1 aromatic carbocycles. The van der Waals surface area contributed by atoms with Crippen molar-refractivity contribution in [2.45, 2.75) is 6.92 Å². The SMILES string of the molecule is Cc1ccc(NC(=O)c2sc3nc(-c4ccncc4)ccc3c2N)cc1Cl. The zero-order chi connectivity index (χ0) is 19.0. The Bertz CT molecular complexity index is 1160. The number of amides is 1. The summed E-state index contributed by atoms with van der Waals surface area (Å²) in [5.74, 6) is -0.277. The van der Waals surface area contributed by atoms with Gasteiger partial charge in [-0.15, -0.1) is 11.3 Å². The third kappa shape index (κ3) is 3.37. The van der Waals surface area contributed by atoms with Gasteiger partial charge in [-0.1, -0.05) is 17.7 Å². The molecular weight excluding hydrogens is 380 g/mol. The Morgan fingerprint density at radius 3 is 2.67 bits per heavy atom. The summed E-state index contributed by atoms with van der Waals surface area (Å²) in [7, 11) is 0. The molecule has 3 aromatic heterocycles. The summed E-state index contributed by atoms with van der Waals surface area (Å²) in [6.45, 7) is 1.91. The molecule has 3 heterocycles.